The standard InChI is InChI=1S/C20H23N3O/c1-2-14-11-12-23-18(13-14)22-19(15-7-9-17(24)10-8-15)20(23)21-16-5-3-4-6-16/h7-13,16,21,24H,2-6H2,1H3. The normalized spacial score (nSPS) is 15.2. The molecule has 0 aliphatic heterocycles. The SMILES string of the molecule is CCc1ccn2c(NC3CCCC3)c(-c3ccc(O)cc3)nc2c1. The first-order chi connectivity index (χ1) is 11.7. The zero-order valence-corrected chi connectivity index (χ0v) is 14.0. The fourth-order valence-electron chi connectivity index (χ4n) is 3.53. The number of rotatable bonds is 4. The number of hydrogen-bond donors (Lipinski definition) is 2. The second-order valence-electron chi connectivity index (χ2n) is 6.60. The molecule has 0 unspecified atom stereocenters. The first-order valence-electron chi connectivity index (χ1n) is 8.81. The summed E-state index contributed by atoms with van der Waals surface area (Å²) in [6.45, 7) is 2.16. The van der Waals surface area contributed by atoms with Gasteiger partial charge in [-0.1, -0.05) is 19.8 Å². The quantitative estimate of drug-likeness (QED) is 0.737. The minimum absolute atomic E-state index is 0.279. The van der Waals surface area contributed by atoms with Crippen LogP contribution in [0.5, 0.6) is 5.75 Å². The van der Waals surface area contributed by atoms with Crippen LogP contribution in [0.2, 0.25) is 0 Å². The Morgan fingerprint density at radius 3 is 2.62 bits per heavy atom. The maximum absolute atomic E-state index is 9.57. The molecule has 2 N–H and O–H groups in total. The Balaban J connectivity index is 1.84. The summed E-state index contributed by atoms with van der Waals surface area (Å²) in [5.41, 5.74) is 4.24. The Morgan fingerprint density at radius 2 is 1.92 bits per heavy atom. The minimum Gasteiger partial charge on any atom is -0.508 e. The van der Waals surface area contributed by atoms with E-state index in [1.165, 1.54) is 31.2 Å². The Labute approximate surface area is 142 Å². The van der Waals surface area contributed by atoms with E-state index in [9.17, 15) is 5.11 Å². The number of imidazole rings is 1. The summed E-state index contributed by atoms with van der Waals surface area (Å²) in [6.07, 6.45) is 8.14. The maximum atomic E-state index is 9.57. The van der Waals surface area contributed by atoms with Crippen molar-refractivity contribution in [1.82, 2.24) is 9.38 Å². The molecule has 0 atom stereocenters. The lowest BCUT2D eigenvalue weighted by molar-refractivity contribution is 0.475. The van der Waals surface area contributed by atoms with Crippen molar-refractivity contribution in [3.8, 4) is 17.0 Å². The molecule has 1 aliphatic carbocycles. The third kappa shape index (κ3) is 2.73. The molecule has 1 aliphatic rings. The highest BCUT2D eigenvalue weighted by atomic mass is 16.3. The molecule has 124 valence electrons. The van der Waals surface area contributed by atoms with E-state index in [-0.39, 0.29) is 5.75 Å². The highest BCUT2D eigenvalue weighted by Gasteiger charge is 2.20. The van der Waals surface area contributed by atoms with E-state index in [4.69, 9.17) is 4.98 Å². The molecule has 0 radical (unpaired) electrons. The average molecular weight is 321 g/mol. The van der Waals surface area contributed by atoms with Gasteiger partial charge in [-0.25, -0.2) is 4.98 Å². The summed E-state index contributed by atoms with van der Waals surface area (Å²) in [7, 11) is 0. The van der Waals surface area contributed by atoms with Gasteiger partial charge in [-0.15, -0.1) is 0 Å². The third-order valence-electron chi connectivity index (χ3n) is 4.94. The van der Waals surface area contributed by atoms with Gasteiger partial charge in [0.05, 0.1) is 0 Å². The van der Waals surface area contributed by atoms with Gasteiger partial charge in [0, 0.05) is 17.8 Å². The predicted octanol–water partition coefficient (Wildman–Crippen LogP) is 4.62. The molecule has 4 nitrogen and oxygen atoms in total. The van der Waals surface area contributed by atoms with E-state index in [1.807, 2.05) is 12.1 Å². The second kappa shape index (κ2) is 6.19. The summed E-state index contributed by atoms with van der Waals surface area (Å²) in [5.74, 6) is 1.34. The number of aryl methyl sites for hydroxylation is 1. The van der Waals surface area contributed by atoms with Crippen LogP contribution in [0.3, 0.4) is 0 Å². The van der Waals surface area contributed by atoms with Gasteiger partial charge in [-0.3, -0.25) is 4.40 Å². The topological polar surface area (TPSA) is 49.6 Å². The number of pyridine rings is 1. The van der Waals surface area contributed by atoms with Crippen molar-refractivity contribution in [2.45, 2.75) is 45.1 Å². The predicted molar refractivity (Wildman–Crippen MR) is 97.5 cm³/mol. The molecule has 1 saturated carbocycles. The minimum atomic E-state index is 0.279. The van der Waals surface area contributed by atoms with Crippen molar-refractivity contribution in [1.29, 1.82) is 0 Å². The molecule has 2 aromatic heterocycles. The third-order valence-corrected chi connectivity index (χ3v) is 4.94. The van der Waals surface area contributed by atoms with Crippen LogP contribution in [0.25, 0.3) is 16.9 Å². The van der Waals surface area contributed by atoms with E-state index >= 15 is 0 Å². The van der Waals surface area contributed by atoms with Gasteiger partial charge in [0.1, 0.15) is 22.9 Å². The number of anilines is 1. The van der Waals surface area contributed by atoms with Crippen LogP contribution in [0.15, 0.2) is 42.6 Å². The van der Waals surface area contributed by atoms with Gasteiger partial charge in [-0.2, -0.15) is 0 Å². The number of nitrogens with one attached hydrogen (secondary N) is 1. The number of phenolic OH excluding ortho intramolecular Hbond substituents is 1. The molecule has 0 bridgehead atoms. The Bertz CT molecular complexity index is 845. The number of hydrogen-bond acceptors (Lipinski definition) is 3. The average Bonchev–Trinajstić information content (AvgIpc) is 3.24. The molecule has 2 heterocycles. The number of nitrogens with zero attached hydrogens (tertiary/aromatic N) is 2. The number of phenols is 1. The van der Waals surface area contributed by atoms with Crippen LogP contribution in [-0.2, 0) is 6.42 Å². The van der Waals surface area contributed by atoms with Crippen molar-refractivity contribution >= 4 is 11.5 Å². The van der Waals surface area contributed by atoms with Crippen molar-refractivity contribution in [3.63, 3.8) is 0 Å². The first kappa shape index (κ1) is 15.1. The van der Waals surface area contributed by atoms with E-state index in [0.29, 0.717) is 6.04 Å². The molecule has 4 heteroatoms. The molecule has 3 aromatic rings. The molecular weight excluding hydrogens is 298 g/mol. The fraction of sp³-hybridized carbons (Fsp3) is 0.350. The summed E-state index contributed by atoms with van der Waals surface area (Å²) >= 11 is 0. The van der Waals surface area contributed by atoms with Crippen LogP contribution < -0.4 is 5.32 Å². The summed E-state index contributed by atoms with van der Waals surface area (Å²) in [5, 5.41) is 13.3. The van der Waals surface area contributed by atoms with Crippen LogP contribution in [-0.4, -0.2) is 20.5 Å². The maximum Gasteiger partial charge on any atom is 0.139 e. The van der Waals surface area contributed by atoms with E-state index in [2.05, 4.69) is 35.0 Å². The summed E-state index contributed by atoms with van der Waals surface area (Å²) in [6, 6.07) is 12.1. The van der Waals surface area contributed by atoms with Crippen molar-refractivity contribution < 1.29 is 5.11 Å². The molecule has 0 amide bonds. The second-order valence-corrected chi connectivity index (χ2v) is 6.60. The lowest BCUT2D eigenvalue weighted by atomic mass is 10.1. The van der Waals surface area contributed by atoms with Gasteiger partial charge in [0.15, 0.2) is 0 Å². The summed E-state index contributed by atoms with van der Waals surface area (Å²) < 4.78 is 2.15. The highest BCUT2D eigenvalue weighted by Crippen LogP contribution is 2.32. The van der Waals surface area contributed by atoms with Gasteiger partial charge in [0.25, 0.3) is 0 Å². The van der Waals surface area contributed by atoms with E-state index in [1.54, 1.807) is 12.1 Å². The zero-order chi connectivity index (χ0) is 16.5. The Hall–Kier alpha value is -2.49. The monoisotopic (exact) mass is 321 g/mol. The van der Waals surface area contributed by atoms with Crippen molar-refractivity contribution in [2.24, 2.45) is 0 Å². The number of benzene rings is 1. The van der Waals surface area contributed by atoms with E-state index < -0.39 is 0 Å². The lowest BCUT2D eigenvalue weighted by Gasteiger charge is -2.15. The van der Waals surface area contributed by atoms with Gasteiger partial charge >= 0.3 is 0 Å². The van der Waals surface area contributed by atoms with Crippen LogP contribution in [0, 0.1) is 0 Å². The van der Waals surface area contributed by atoms with Gasteiger partial charge in [0.2, 0.25) is 0 Å². The largest absolute Gasteiger partial charge is 0.508 e. The zero-order valence-electron chi connectivity index (χ0n) is 14.0. The Morgan fingerprint density at radius 1 is 1.17 bits per heavy atom. The summed E-state index contributed by atoms with van der Waals surface area (Å²) in [4.78, 5) is 4.88. The smallest absolute Gasteiger partial charge is 0.139 e. The lowest BCUT2D eigenvalue weighted by Crippen LogP contribution is -2.16. The van der Waals surface area contributed by atoms with Crippen molar-refractivity contribution in [3.05, 3.63) is 48.2 Å². The first-order valence-corrected chi connectivity index (χ1v) is 8.81. The number of aromatic hydroxyl groups is 1. The van der Waals surface area contributed by atoms with Crippen molar-refractivity contribution in [2.75, 3.05) is 5.32 Å². The molecule has 0 saturated heterocycles. The number of aromatic nitrogens is 2. The molecular formula is C20H23N3O. The molecule has 1 fully saturated rings. The number of fused-ring (bicyclic) bond motifs is 1. The molecule has 1 aromatic carbocycles. The van der Waals surface area contributed by atoms with Crippen LogP contribution in [0.1, 0.15) is 38.2 Å². The molecule has 0 spiro atoms. The highest BCUT2D eigenvalue weighted by molar-refractivity contribution is 5.77. The fourth-order valence-corrected chi connectivity index (χ4v) is 3.53. The Kier molecular flexibility index (Phi) is 3.89. The van der Waals surface area contributed by atoms with Crippen LogP contribution in [0.4, 0.5) is 5.82 Å². The van der Waals surface area contributed by atoms with Gasteiger partial charge in [-0.05, 0) is 61.2 Å². The van der Waals surface area contributed by atoms with Crippen LogP contribution >= 0.6 is 0 Å². The molecule has 24 heavy (non-hydrogen) atoms. The van der Waals surface area contributed by atoms with E-state index in [0.717, 1.165) is 29.1 Å². The molecule has 4 rings (SSSR count). The van der Waals surface area contributed by atoms with Gasteiger partial charge < -0.3 is 10.4 Å².